The number of carbonyl (C=O) groups is 1. The van der Waals surface area contributed by atoms with Crippen LogP contribution in [0.5, 0.6) is 28.7 Å². The number of ketones is 1. The monoisotopic (exact) mass is 386 g/mol. The summed E-state index contributed by atoms with van der Waals surface area (Å²) in [5.74, 6) is -2.19. The topological polar surface area (TPSA) is 116 Å². The molecule has 0 spiro atoms. The molecule has 0 fully saturated rings. The van der Waals surface area contributed by atoms with E-state index in [1.807, 2.05) is 19.9 Å². The number of allylic oxidation sites excluding steroid dienone is 2. The van der Waals surface area contributed by atoms with Crippen LogP contribution in [0, 0.1) is 0 Å². The number of phenolic OH excluding ortho intramolecular Hbond substituents is 3. The van der Waals surface area contributed by atoms with Crippen LogP contribution >= 0.6 is 0 Å². The molecule has 0 aromatic heterocycles. The van der Waals surface area contributed by atoms with Gasteiger partial charge in [-0.25, -0.2) is 0 Å². The molecule has 2 aromatic rings. The van der Waals surface area contributed by atoms with Gasteiger partial charge in [-0.05, 0) is 26.3 Å². The lowest BCUT2D eigenvalue weighted by molar-refractivity contribution is 0.0197. The van der Waals surface area contributed by atoms with E-state index in [9.17, 15) is 25.2 Å². The van der Waals surface area contributed by atoms with Crippen LogP contribution in [0.1, 0.15) is 41.4 Å². The number of Topliss-reactive ketones (excluding diaryl/α,β-unsaturated/α-hetero) is 1. The zero-order valence-corrected chi connectivity index (χ0v) is 15.8. The molecule has 0 aliphatic carbocycles. The smallest absolute Gasteiger partial charge is 0.204 e. The Morgan fingerprint density at radius 1 is 1.18 bits per heavy atom. The summed E-state index contributed by atoms with van der Waals surface area (Å²) < 4.78 is 10.9. The summed E-state index contributed by atoms with van der Waals surface area (Å²) in [7, 11) is 1.25. The van der Waals surface area contributed by atoms with E-state index in [0.717, 1.165) is 5.57 Å². The van der Waals surface area contributed by atoms with Crippen LogP contribution in [0.25, 0.3) is 0 Å². The summed E-state index contributed by atoms with van der Waals surface area (Å²) in [6.45, 7) is 3.75. The van der Waals surface area contributed by atoms with E-state index in [0.29, 0.717) is 0 Å². The van der Waals surface area contributed by atoms with Crippen molar-refractivity contribution in [1.82, 2.24) is 0 Å². The quantitative estimate of drug-likeness (QED) is 0.597. The molecule has 28 heavy (non-hydrogen) atoms. The summed E-state index contributed by atoms with van der Waals surface area (Å²) in [5.41, 5.74) is 1.18. The average molecular weight is 386 g/mol. The first-order valence-electron chi connectivity index (χ1n) is 8.72. The standard InChI is InChI=1S/C21H22O7/c1-10(2)8-9-12-15(23)21(27-3)17(25)14-16(24)18(26)20(28-19(12)14)11-6-4-5-7-13(11)22/h4-8,18,20,22-23,25-26H,9H2,1-3H3. The van der Waals surface area contributed by atoms with E-state index >= 15 is 0 Å². The van der Waals surface area contributed by atoms with Crippen molar-refractivity contribution in [3.05, 3.63) is 52.6 Å². The average Bonchev–Trinajstić information content (AvgIpc) is 2.65. The van der Waals surface area contributed by atoms with Gasteiger partial charge in [0.15, 0.2) is 23.7 Å². The summed E-state index contributed by atoms with van der Waals surface area (Å²) in [5, 5.41) is 41.7. The molecule has 2 unspecified atom stereocenters. The van der Waals surface area contributed by atoms with Crippen LogP contribution in [-0.4, -0.2) is 39.4 Å². The number of aliphatic hydroxyl groups is 1. The third-order valence-electron chi connectivity index (χ3n) is 4.66. The van der Waals surface area contributed by atoms with Crippen molar-refractivity contribution in [2.45, 2.75) is 32.5 Å². The molecule has 0 saturated heterocycles. The first-order valence-corrected chi connectivity index (χ1v) is 8.72. The molecule has 2 atom stereocenters. The Balaban J connectivity index is 2.24. The van der Waals surface area contributed by atoms with Gasteiger partial charge >= 0.3 is 0 Å². The lowest BCUT2D eigenvalue weighted by Gasteiger charge is -2.32. The second kappa shape index (κ2) is 7.44. The molecular weight excluding hydrogens is 364 g/mol. The lowest BCUT2D eigenvalue weighted by Crippen LogP contribution is -2.36. The van der Waals surface area contributed by atoms with Gasteiger partial charge in [-0.3, -0.25) is 4.79 Å². The molecule has 3 rings (SSSR count). The van der Waals surface area contributed by atoms with Gasteiger partial charge in [-0.1, -0.05) is 29.8 Å². The minimum atomic E-state index is -1.66. The Labute approximate surface area is 162 Å². The summed E-state index contributed by atoms with van der Waals surface area (Å²) in [6, 6.07) is 6.18. The highest BCUT2D eigenvalue weighted by molar-refractivity contribution is 6.07. The van der Waals surface area contributed by atoms with Crippen LogP contribution in [0.2, 0.25) is 0 Å². The lowest BCUT2D eigenvalue weighted by atomic mass is 9.89. The minimum Gasteiger partial charge on any atom is -0.508 e. The second-order valence-corrected chi connectivity index (χ2v) is 6.81. The van der Waals surface area contributed by atoms with Crippen LogP contribution in [0.15, 0.2) is 35.9 Å². The third-order valence-corrected chi connectivity index (χ3v) is 4.66. The molecule has 7 nitrogen and oxygen atoms in total. The highest BCUT2D eigenvalue weighted by Gasteiger charge is 2.43. The fraction of sp³-hybridized carbons (Fsp3) is 0.286. The Kier molecular flexibility index (Phi) is 5.20. The summed E-state index contributed by atoms with van der Waals surface area (Å²) in [4.78, 5) is 12.9. The van der Waals surface area contributed by atoms with Crippen molar-refractivity contribution < 1.29 is 34.7 Å². The number of benzene rings is 2. The number of aliphatic hydroxyl groups excluding tert-OH is 1. The molecule has 1 heterocycles. The Morgan fingerprint density at radius 2 is 1.86 bits per heavy atom. The molecule has 4 N–H and O–H groups in total. The molecule has 1 aliphatic heterocycles. The van der Waals surface area contributed by atoms with Crippen molar-refractivity contribution in [2.24, 2.45) is 0 Å². The van der Waals surface area contributed by atoms with Crippen molar-refractivity contribution >= 4 is 5.78 Å². The van der Waals surface area contributed by atoms with Gasteiger partial charge in [0, 0.05) is 11.1 Å². The number of methoxy groups -OCH3 is 1. The molecule has 0 radical (unpaired) electrons. The number of rotatable bonds is 4. The number of carbonyl (C=O) groups excluding carboxylic acids is 1. The van der Waals surface area contributed by atoms with Gasteiger partial charge in [0.05, 0.1) is 7.11 Å². The number of fused-ring (bicyclic) bond motifs is 1. The largest absolute Gasteiger partial charge is 0.508 e. The summed E-state index contributed by atoms with van der Waals surface area (Å²) in [6.07, 6.45) is -0.819. The Hall–Kier alpha value is -3.19. The fourth-order valence-corrected chi connectivity index (χ4v) is 3.21. The van der Waals surface area contributed by atoms with Crippen LogP contribution in [0.4, 0.5) is 0 Å². The number of ether oxygens (including phenoxy) is 2. The molecule has 0 bridgehead atoms. The number of para-hydroxylation sites is 1. The maximum atomic E-state index is 12.9. The first-order chi connectivity index (χ1) is 13.3. The number of hydrogen-bond acceptors (Lipinski definition) is 7. The molecule has 7 heteroatoms. The van der Waals surface area contributed by atoms with Gasteiger partial charge in [-0.2, -0.15) is 0 Å². The predicted octanol–water partition coefficient (Wildman–Crippen LogP) is 3.00. The number of hydrogen-bond donors (Lipinski definition) is 4. The highest BCUT2D eigenvalue weighted by Crippen LogP contribution is 2.52. The zero-order valence-electron chi connectivity index (χ0n) is 15.8. The van der Waals surface area contributed by atoms with Crippen molar-refractivity contribution in [3.8, 4) is 28.7 Å². The van der Waals surface area contributed by atoms with E-state index in [1.54, 1.807) is 12.1 Å². The van der Waals surface area contributed by atoms with E-state index < -0.39 is 23.7 Å². The Bertz CT molecular complexity index is 958. The molecule has 0 saturated carbocycles. The maximum absolute atomic E-state index is 12.9. The second-order valence-electron chi connectivity index (χ2n) is 6.81. The highest BCUT2D eigenvalue weighted by atomic mass is 16.5. The molecule has 2 aromatic carbocycles. The zero-order chi connectivity index (χ0) is 20.6. The van der Waals surface area contributed by atoms with Gasteiger partial charge in [0.25, 0.3) is 0 Å². The van der Waals surface area contributed by atoms with E-state index in [2.05, 4.69) is 0 Å². The van der Waals surface area contributed by atoms with Gasteiger partial charge < -0.3 is 29.9 Å². The summed E-state index contributed by atoms with van der Waals surface area (Å²) >= 11 is 0. The number of aromatic hydroxyl groups is 3. The van der Waals surface area contributed by atoms with E-state index in [4.69, 9.17) is 9.47 Å². The van der Waals surface area contributed by atoms with E-state index in [1.165, 1.54) is 19.2 Å². The number of phenols is 3. The third kappa shape index (κ3) is 3.14. The van der Waals surface area contributed by atoms with Gasteiger partial charge in [-0.15, -0.1) is 0 Å². The molecule has 148 valence electrons. The molecule has 1 aliphatic rings. The first kappa shape index (κ1) is 19.6. The van der Waals surface area contributed by atoms with Crippen LogP contribution in [0.3, 0.4) is 0 Å². The maximum Gasteiger partial charge on any atom is 0.204 e. The van der Waals surface area contributed by atoms with Crippen molar-refractivity contribution in [2.75, 3.05) is 7.11 Å². The van der Waals surface area contributed by atoms with Crippen LogP contribution < -0.4 is 9.47 Å². The van der Waals surface area contributed by atoms with E-state index in [-0.39, 0.29) is 46.1 Å². The minimum absolute atomic E-state index is 0.0446. The van der Waals surface area contributed by atoms with Crippen molar-refractivity contribution in [3.63, 3.8) is 0 Å². The SMILES string of the molecule is COc1c(O)c(CC=C(C)C)c2c(c1O)C(=O)C(O)C(c1ccccc1O)O2. The fourth-order valence-electron chi connectivity index (χ4n) is 3.21. The molecule has 0 amide bonds. The Morgan fingerprint density at radius 3 is 2.46 bits per heavy atom. The van der Waals surface area contributed by atoms with Gasteiger partial charge in [0.1, 0.15) is 17.1 Å². The predicted molar refractivity (Wildman–Crippen MR) is 101 cm³/mol. The van der Waals surface area contributed by atoms with Crippen molar-refractivity contribution in [1.29, 1.82) is 0 Å². The van der Waals surface area contributed by atoms with Crippen LogP contribution in [-0.2, 0) is 6.42 Å². The molecular formula is C21H22O7. The normalized spacial score (nSPS) is 18.2. The van der Waals surface area contributed by atoms with Gasteiger partial charge in [0.2, 0.25) is 11.5 Å².